The standard InChI is InChI=1S/C10H15NO5S/c12-6-4-11(5-7-13)17(15,16)10-3-1-2-9(14)8-10/h1-3,8,12-14H,4-7H2. The zero-order chi connectivity index (χ0) is 12.9. The van der Waals surface area contributed by atoms with Gasteiger partial charge in [-0.3, -0.25) is 0 Å². The van der Waals surface area contributed by atoms with Crippen molar-refractivity contribution in [2.75, 3.05) is 26.3 Å². The van der Waals surface area contributed by atoms with Crippen LogP contribution >= 0.6 is 0 Å². The van der Waals surface area contributed by atoms with Crippen molar-refractivity contribution in [1.82, 2.24) is 4.31 Å². The van der Waals surface area contributed by atoms with E-state index in [9.17, 15) is 13.5 Å². The van der Waals surface area contributed by atoms with Crippen LogP contribution in [0, 0.1) is 0 Å². The molecule has 3 N–H and O–H groups in total. The normalized spacial score (nSPS) is 11.9. The van der Waals surface area contributed by atoms with Gasteiger partial charge >= 0.3 is 0 Å². The molecule has 1 aromatic carbocycles. The number of phenols is 1. The summed E-state index contributed by atoms with van der Waals surface area (Å²) in [6, 6.07) is 5.24. The summed E-state index contributed by atoms with van der Waals surface area (Å²) >= 11 is 0. The fraction of sp³-hybridized carbons (Fsp3) is 0.400. The van der Waals surface area contributed by atoms with Crippen LogP contribution in [-0.4, -0.2) is 54.3 Å². The number of benzene rings is 1. The molecule has 0 aliphatic rings. The number of rotatable bonds is 6. The van der Waals surface area contributed by atoms with Crippen molar-refractivity contribution in [2.24, 2.45) is 0 Å². The molecule has 96 valence electrons. The van der Waals surface area contributed by atoms with Gasteiger partial charge in [-0.1, -0.05) is 6.07 Å². The molecule has 0 radical (unpaired) electrons. The van der Waals surface area contributed by atoms with Crippen LogP contribution in [-0.2, 0) is 10.0 Å². The molecule has 0 atom stereocenters. The van der Waals surface area contributed by atoms with Crippen LogP contribution in [0.15, 0.2) is 29.2 Å². The summed E-state index contributed by atoms with van der Waals surface area (Å²) < 4.78 is 25.1. The smallest absolute Gasteiger partial charge is 0.243 e. The summed E-state index contributed by atoms with van der Waals surface area (Å²) in [7, 11) is -3.79. The number of phenolic OH excluding ortho intramolecular Hbond substituents is 1. The third kappa shape index (κ3) is 3.40. The summed E-state index contributed by atoms with van der Waals surface area (Å²) in [6.07, 6.45) is 0. The van der Waals surface area contributed by atoms with Crippen molar-refractivity contribution in [2.45, 2.75) is 4.90 Å². The summed E-state index contributed by atoms with van der Waals surface area (Å²) in [6.45, 7) is -0.868. The average Bonchev–Trinajstić information content (AvgIpc) is 2.29. The molecule has 0 spiro atoms. The lowest BCUT2D eigenvalue weighted by molar-refractivity contribution is 0.217. The molecule has 7 heteroatoms. The van der Waals surface area contributed by atoms with Crippen LogP contribution < -0.4 is 0 Å². The lowest BCUT2D eigenvalue weighted by Gasteiger charge is -2.20. The van der Waals surface area contributed by atoms with Gasteiger partial charge in [0.1, 0.15) is 5.75 Å². The highest BCUT2D eigenvalue weighted by atomic mass is 32.2. The van der Waals surface area contributed by atoms with Crippen molar-refractivity contribution in [3.05, 3.63) is 24.3 Å². The van der Waals surface area contributed by atoms with Gasteiger partial charge < -0.3 is 15.3 Å². The number of aliphatic hydroxyl groups is 2. The fourth-order valence-corrected chi connectivity index (χ4v) is 2.83. The highest BCUT2D eigenvalue weighted by Gasteiger charge is 2.23. The van der Waals surface area contributed by atoms with Gasteiger partial charge in [-0.15, -0.1) is 0 Å². The third-order valence-electron chi connectivity index (χ3n) is 2.15. The summed E-state index contributed by atoms with van der Waals surface area (Å²) in [5.74, 6) is -0.154. The molecule has 0 amide bonds. The van der Waals surface area contributed by atoms with Gasteiger partial charge in [0.15, 0.2) is 0 Å². The highest BCUT2D eigenvalue weighted by Crippen LogP contribution is 2.19. The molecular formula is C10H15NO5S. The second kappa shape index (κ2) is 5.97. The van der Waals surface area contributed by atoms with Crippen molar-refractivity contribution in [3.63, 3.8) is 0 Å². The molecule has 1 rings (SSSR count). The van der Waals surface area contributed by atoms with Gasteiger partial charge in [0.2, 0.25) is 10.0 Å². The first-order chi connectivity index (χ1) is 8.02. The Balaban J connectivity index is 3.07. The molecule has 0 bridgehead atoms. The Morgan fingerprint density at radius 1 is 1.12 bits per heavy atom. The Morgan fingerprint density at radius 3 is 2.18 bits per heavy atom. The average molecular weight is 261 g/mol. The van der Waals surface area contributed by atoms with Crippen molar-refractivity contribution in [1.29, 1.82) is 0 Å². The van der Waals surface area contributed by atoms with E-state index in [1.54, 1.807) is 0 Å². The van der Waals surface area contributed by atoms with Gasteiger partial charge in [-0.25, -0.2) is 8.42 Å². The van der Waals surface area contributed by atoms with Crippen molar-refractivity contribution >= 4 is 10.0 Å². The largest absolute Gasteiger partial charge is 0.508 e. The Kier molecular flexibility index (Phi) is 4.88. The van der Waals surface area contributed by atoms with E-state index < -0.39 is 10.0 Å². The molecule has 17 heavy (non-hydrogen) atoms. The minimum atomic E-state index is -3.79. The minimum absolute atomic E-state index is 0.0700. The maximum atomic E-state index is 12.1. The molecule has 1 aromatic rings. The number of nitrogens with zero attached hydrogens (tertiary/aromatic N) is 1. The van der Waals surface area contributed by atoms with Crippen molar-refractivity contribution in [3.8, 4) is 5.75 Å². The van der Waals surface area contributed by atoms with Gasteiger partial charge in [0.25, 0.3) is 0 Å². The Bertz CT molecular complexity index is 454. The minimum Gasteiger partial charge on any atom is -0.508 e. The molecule has 0 aliphatic heterocycles. The summed E-state index contributed by atoms with van der Waals surface area (Å²) in [5.41, 5.74) is 0. The fourth-order valence-electron chi connectivity index (χ4n) is 1.37. The van der Waals surface area contributed by atoms with E-state index in [1.807, 2.05) is 0 Å². The van der Waals surface area contributed by atoms with Crippen LogP contribution in [0.4, 0.5) is 0 Å². The highest BCUT2D eigenvalue weighted by molar-refractivity contribution is 7.89. The molecule has 0 saturated carbocycles. The second-order valence-electron chi connectivity index (χ2n) is 3.35. The molecule has 0 heterocycles. The Hall–Kier alpha value is -1.15. The molecule has 0 aliphatic carbocycles. The van der Waals surface area contributed by atoms with E-state index in [4.69, 9.17) is 10.2 Å². The lowest BCUT2D eigenvalue weighted by atomic mass is 10.3. The first-order valence-corrected chi connectivity index (χ1v) is 6.47. The molecule has 0 aromatic heterocycles. The Morgan fingerprint density at radius 2 is 1.71 bits per heavy atom. The van der Waals surface area contributed by atoms with Gasteiger partial charge in [0.05, 0.1) is 18.1 Å². The van der Waals surface area contributed by atoms with E-state index in [2.05, 4.69) is 0 Å². The lowest BCUT2D eigenvalue weighted by Crippen LogP contribution is -2.35. The van der Waals surface area contributed by atoms with Gasteiger partial charge in [-0.2, -0.15) is 4.31 Å². The summed E-state index contributed by atoms with van der Waals surface area (Å²) in [4.78, 5) is -0.0700. The molecular weight excluding hydrogens is 246 g/mol. The van der Waals surface area contributed by atoms with Crippen molar-refractivity contribution < 1.29 is 23.7 Å². The van der Waals surface area contributed by atoms with E-state index in [0.717, 1.165) is 10.4 Å². The topological polar surface area (TPSA) is 98.1 Å². The molecule has 6 nitrogen and oxygen atoms in total. The molecule has 0 saturated heterocycles. The maximum absolute atomic E-state index is 12.1. The van der Waals surface area contributed by atoms with Crippen LogP contribution in [0.2, 0.25) is 0 Å². The Labute approximate surface area is 99.8 Å². The number of aromatic hydroxyl groups is 1. The van der Waals surface area contributed by atoms with Crippen LogP contribution in [0.3, 0.4) is 0 Å². The van der Waals surface area contributed by atoms with Crippen LogP contribution in [0.1, 0.15) is 0 Å². The van der Waals surface area contributed by atoms with Gasteiger partial charge in [0, 0.05) is 13.1 Å². The first-order valence-electron chi connectivity index (χ1n) is 5.03. The summed E-state index contributed by atoms with van der Waals surface area (Å²) in [5, 5.41) is 26.8. The molecule has 0 unspecified atom stereocenters. The molecule has 0 fully saturated rings. The number of sulfonamides is 1. The maximum Gasteiger partial charge on any atom is 0.243 e. The SMILES string of the molecule is O=S(=O)(c1cccc(O)c1)N(CCO)CCO. The van der Waals surface area contributed by atoms with Crippen LogP contribution in [0.25, 0.3) is 0 Å². The van der Waals surface area contributed by atoms with E-state index in [-0.39, 0.29) is 36.9 Å². The zero-order valence-corrected chi connectivity index (χ0v) is 9.97. The number of hydrogen-bond acceptors (Lipinski definition) is 5. The van der Waals surface area contributed by atoms with Gasteiger partial charge in [-0.05, 0) is 18.2 Å². The van der Waals surface area contributed by atoms with Crippen LogP contribution in [0.5, 0.6) is 5.75 Å². The monoisotopic (exact) mass is 261 g/mol. The third-order valence-corrected chi connectivity index (χ3v) is 4.05. The second-order valence-corrected chi connectivity index (χ2v) is 5.29. The predicted molar refractivity (Wildman–Crippen MR) is 61.0 cm³/mol. The van der Waals surface area contributed by atoms with E-state index in [1.165, 1.54) is 18.2 Å². The number of hydrogen-bond donors (Lipinski definition) is 3. The van der Waals surface area contributed by atoms with E-state index in [0.29, 0.717) is 0 Å². The van der Waals surface area contributed by atoms with E-state index >= 15 is 0 Å². The zero-order valence-electron chi connectivity index (χ0n) is 9.15. The first kappa shape index (κ1) is 13.9. The quantitative estimate of drug-likeness (QED) is 0.633. The predicted octanol–water partition coefficient (Wildman–Crippen LogP) is -0.632. The number of aliphatic hydroxyl groups excluding tert-OH is 2.